The molecule has 10 aromatic rings. The van der Waals surface area contributed by atoms with Gasteiger partial charge in [-0.2, -0.15) is 0 Å². The second kappa shape index (κ2) is 11.4. The van der Waals surface area contributed by atoms with E-state index in [1.54, 1.807) is 18.2 Å². The molecule has 0 aliphatic carbocycles. The van der Waals surface area contributed by atoms with E-state index >= 15 is 0 Å². The van der Waals surface area contributed by atoms with E-state index in [9.17, 15) is 2.74 Å². The molecule has 5 nitrogen and oxygen atoms in total. The zero-order valence-electron chi connectivity index (χ0n) is 41.6. The molecule has 0 amide bonds. The number of benzene rings is 7. The number of hydrogen-bond acceptors (Lipinski definition) is 4. The highest BCUT2D eigenvalue weighted by Gasteiger charge is 2.21. The van der Waals surface area contributed by atoms with E-state index in [0.717, 1.165) is 22.9 Å². The van der Waals surface area contributed by atoms with E-state index in [4.69, 9.17) is 33.6 Å². The van der Waals surface area contributed by atoms with E-state index in [2.05, 4.69) is 4.98 Å². The van der Waals surface area contributed by atoms with Gasteiger partial charge in [0.2, 0.25) is 0 Å². The van der Waals surface area contributed by atoms with Crippen molar-refractivity contribution in [2.75, 3.05) is 0 Å². The molecule has 0 aliphatic rings. The van der Waals surface area contributed by atoms with Gasteiger partial charge in [-0.05, 0) is 35.8 Å². The Kier molecular flexibility index (Phi) is 3.76. The Hall–Kier alpha value is -6.85. The zero-order chi connectivity index (χ0) is 46.9. The van der Waals surface area contributed by atoms with Gasteiger partial charge >= 0.3 is 0 Å². The van der Waals surface area contributed by atoms with Crippen molar-refractivity contribution in [1.82, 2.24) is 19.5 Å². The van der Waals surface area contributed by atoms with Gasteiger partial charge in [0.05, 0.1) is 38.7 Å². The lowest BCUT2D eigenvalue weighted by Gasteiger charge is -2.16. The maximum atomic E-state index is 9.18. The molecule has 10 rings (SSSR count). The summed E-state index contributed by atoms with van der Waals surface area (Å²) in [6.45, 7) is 0. The van der Waals surface area contributed by atoms with E-state index in [1.165, 1.54) is 4.57 Å². The van der Waals surface area contributed by atoms with Crippen LogP contribution in [-0.2, 0) is 0 Å². The third-order valence-corrected chi connectivity index (χ3v) is 8.40. The lowest BCUT2D eigenvalue weighted by molar-refractivity contribution is 0.670. The predicted molar refractivity (Wildman–Crippen MR) is 203 cm³/mol. The summed E-state index contributed by atoms with van der Waals surface area (Å²) in [4.78, 5) is 13.9. The highest BCUT2D eigenvalue weighted by Crippen LogP contribution is 2.41. The highest BCUT2D eigenvalue weighted by molar-refractivity contribution is 6.11. The predicted octanol–water partition coefficient (Wildman–Crippen LogP) is 11.5. The number of rotatable bonds is 5. The van der Waals surface area contributed by atoms with Crippen LogP contribution in [0.3, 0.4) is 0 Å². The van der Waals surface area contributed by atoms with E-state index < -0.39 is 83.2 Å². The molecule has 0 N–H and O–H groups in total. The molecular weight excluding hydrogens is 613 g/mol. The van der Waals surface area contributed by atoms with Crippen molar-refractivity contribution in [2.24, 2.45) is 0 Å². The maximum Gasteiger partial charge on any atom is 0.166 e. The number of para-hydroxylation sites is 4. The lowest BCUT2D eigenvalue weighted by atomic mass is 9.98. The Morgan fingerprint density at radius 3 is 1.76 bits per heavy atom. The summed E-state index contributed by atoms with van der Waals surface area (Å²) >= 11 is 0. The first-order valence-corrected chi connectivity index (χ1v) is 15.4. The summed E-state index contributed by atoms with van der Waals surface area (Å²) in [7, 11) is 0. The molecule has 0 fully saturated rings. The van der Waals surface area contributed by atoms with Crippen LogP contribution in [0.25, 0.3) is 94.7 Å². The average Bonchev–Trinajstić information content (AvgIpc) is 3.88. The fourth-order valence-corrected chi connectivity index (χ4v) is 6.25. The Morgan fingerprint density at radius 2 is 1.08 bits per heavy atom. The smallest absolute Gasteiger partial charge is 0.166 e. The van der Waals surface area contributed by atoms with Crippen LogP contribution in [0.2, 0.25) is 0 Å². The van der Waals surface area contributed by atoms with Crippen molar-refractivity contribution in [1.29, 1.82) is 0 Å². The SMILES string of the molecule is [2H]c1cc([2H])c2c(c1[2H])c1c([2H])c([2H])cc([2H])c1n2-c1ccc(-c2cccc3c2oc2ccccc23)cc1-c1nc(-c2c([2H])c([2H])c([2H])c([2H])c2[2H])nc(-c2c([2H])c([2H])c([2H])c([2H])c2[2H])n1. The molecule has 0 unspecified atom stereocenters. The Morgan fingerprint density at radius 1 is 0.460 bits per heavy atom. The molecule has 0 radical (unpaired) electrons. The van der Waals surface area contributed by atoms with Crippen LogP contribution in [0.5, 0.6) is 0 Å². The normalized spacial score (nSPS) is 16.1. The fraction of sp³-hybridized carbons (Fsp3) is 0. The van der Waals surface area contributed by atoms with Gasteiger partial charge in [-0.1, -0.05) is 139 Å². The van der Waals surface area contributed by atoms with Crippen LogP contribution in [-0.4, -0.2) is 19.5 Å². The first kappa shape index (κ1) is 16.5. The van der Waals surface area contributed by atoms with E-state index in [1.807, 2.05) is 42.5 Å². The molecule has 0 saturated heterocycles. The van der Waals surface area contributed by atoms with Crippen molar-refractivity contribution in [3.05, 3.63) is 169 Å². The van der Waals surface area contributed by atoms with Gasteiger partial charge in [0.25, 0.3) is 0 Å². The van der Waals surface area contributed by atoms with Gasteiger partial charge in [0, 0.05) is 43.8 Å². The molecule has 0 aliphatic heterocycles. The zero-order valence-corrected chi connectivity index (χ0v) is 25.6. The number of fused-ring (bicyclic) bond motifs is 6. The fourth-order valence-electron chi connectivity index (χ4n) is 6.25. The molecule has 50 heavy (non-hydrogen) atoms. The molecule has 0 atom stereocenters. The van der Waals surface area contributed by atoms with Crippen molar-refractivity contribution < 1.29 is 26.3 Å². The molecule has 0 spiro atoms. The van der Waals surface area contributed by atoms with Crippen LogP contribution >= 0.6 is 0 Å². The van der Waals surface area contributed by atoms with Crippen LogP contribution in [0.1, 0.15) is 21.9 Å². The van der Waals surface area contributed by atoms with Crippen LogP contribution in [0.15, 0.2) is 174 Å². The standard InChI is InChI=1S/C45H28N4O/c1-3-14-29(15-4-1)43-46-44(30-16-5-2-6-17-30)48-45(47-43)37-28-31(32-21-13-22-36-35-20-9-12-25-41(35)50-42(32)36)26-27-40(37)49-38-23-10-7-18-33(38)34-19-8-11-24-39(34)49/h1-28H/i1D,2D,3D,4D,5D,6D,7D,8D,14D,15D,16D,17D,18D,19D,23D,24D. The summed E-state index contributed by atoms with van der Waals surface area (Å²) in [5.74, 6) is -1.39. The van der Waals surface area contributed by atoms with Crippen molar-refractivity contribution in [3.8, 4) is 51.0 Å². The lowest BCUT2D eigenvalue weighted by Crippen LogP contribution is -2.04. The van der Waals surface area contributed by atoms with Gasteiger partial charge in [0.1, 0.15) is 11.2 Å². The number of nitrogens with zero attached hydrogens (tertiary/aromatic N) is 4. The molecular formula is C45H28N4O. The minimum Gasteiger partial charge on any atom is -0.455 e. The second-order valence-electron chi connectivity index (χ2n) is 11.2. The first-order valence-electron chi connectivity index (χ1n) is 23.4. The largest absolute Gasteiger partial charge is 0.455 e. The highest BCUT2D eigenvalue weighted by atomic mass is 16.3. The average molecular weight is 657 g/mol. The number of hydrogen-bond donors (Lipinski definition) is 0. The van der Waals surface area contributed by atoms with Crippen molar-refractivity contribution in [3.63, 3.8) is 0 Å². The quantitative estimate of drug-likeness (QED) is 0.185. The van der Waals surface area contributed by atoms with Crippen molar-refractivity contribution in [2.45, 2.75) is 0 Å². The summed E-state index contributed by atoms with van der Waals surface area (Å²) in [5.41, 5.74) is 1.27. The van der Waals surface area contributed by atoms with Gasteiger partial charge in [-0.15, -0.1) is 0 Å². The third-order valence-electron chi connectivity index (χ3n) is 8.40. The summed E-state index contributed by atoms with van der Waals surface area (Å²) in [6, 6.07) is 11.1. The Balaban J connectivity index is 1.40. The number of furan rings is 1. The van der Waals surface area contributed by atoms with Crippen molar-refractivity contribution >= 4 is 43.7 Å². The third kappa shape index (κ3) is 4.52. The van der Waals surface area contributed by atoms with Crippen LogP contribution in [0.4, 0.5) is 0 Å². The van der Waals surface area contributed by atoms with E-state index in [-0.39, 0.29) is 75.1 Å². The number of aromatic nitrogens is 4. The molecule has 234 valence electrons. The summed E-state index contributed by atoms with van der Waals surface area (Å²) < 4.78 is 147. The molecule has 0 bridgehead atoms. The van der Waals surface area contributed by atoms with Gasteiger partial charge in [-0.3, -0.25) is 0 Å². The van der Waals surface area contributed by atoms with Gasteiger partial charge in [-0.25, -0.2) is 15.0 Å². The minimum atomic E-state index is -0.727. The Labute approximate surface area is 310 Å². The Bertz CT molecular complexity index is 3590. The van der Waals surface area contributed by atoms with Gasteiger partial charge in [0.15, 0.2) is 17.5 Å². The maximum absolute atomic E-state index is 9.18. The molecule has 0 saturated carbocycles. The topological polar surface area (TPSA) is 56.7 Å². The summed E-state index contributed by atoms with van der Waals surface area (Å²) in [6.07, 6.45) is 0. The second-order valence-corrected chi connectivity index (χ2v) is 11.2. The molecule has 3 aromatic heterocycles. The monoisotopic (exact) mass is 656 g/mol. The van der Waals surface area contributed by atoms with Gasteiger partial charge < -0.3 is 8.98 Å². The van der Waals surface area contributed by atoms with E-state index in [0.29, 0.717) is 22.3 Å². The minimum absolute atomic E-state index is 0.0160. The van der Waals surface area contributed by atoms with Crippen LogP contribution in [0, 0.1) is 0 Å². The summed E-state index contributed by atoms with van der Waals surface area (Å²) in [5, 5.41) is 1.52. The van der Waals surface area contributed by atoms with Crippen LogP contribution < -0.4 is 0 Å². The molecule has 7 aromatic carbocycles. The first-order chi connectivity index (χ1) is 31.4. The molecule has 3 heterocycles. The molecule has 5 heteroatoms.